The van der Waals surface area contributed by atoms with Crippen LogP contribution in [-0.2, 0) is 4.79 Å². The summed E-state index contributed by atoms with van der Waals surface area (Å²) in [5.41, 5.74) is 0. The van der Waals surface area contributed by atoms with E-state index in [4.69, 9.17) is 4.74 Å². The summed E-state index contributed by atoms with van der Waals surface area (Å²) in [6.45, 7) is 1.39. The van der Waals surface area contributed by atoms with E-state index in [1.807, 2.05) is 0 Å². The summed E-state index contributed by atoms with van der Waals surface area (Å²) in [6.07, 6.45) is 0. The van der Waals surface area contributed by atoms with E-state index in [0.717, 1.165) is 0 Å². The van der Waals surface area contributed by atoms with Crippen LogP contribution in [-0.4, -0.2) is 18.2 Å². The third-order valence-electron chi connectivity index (χ3n) is 0.994. The van der Waals surface area contributed by atoms with Gasteiger partial charge in [0.25, 0.3) is 0 Å². The van der Waals surface area contributed by atoms with Crippen LogP contribution < -0.4 is 10.1 Å². The molecular weight excluding hydrogens is 148 g/mol. The summed E-state index contributed by atoms with van der Waals surface area (Å²) >= 11 is 0. The highest BCUT2D eigenvalue weighted by Gasteiger charge is 2.03. The standard InChI is InChI=1S/C6H8N2O3/c1-4(9)7-5-3-6(10-2)11-8-5/h3H,1-2H3,(H,7,8,9). The van der Waals surface area contributed by atoms with Crippen LogP contribution in [0.5, 0.6) is 5.95 Å². The Bertz CT molecular complexity index is 256. The topological polar surface area (TPSA) is 64.4 Å². The van der Waals surface area contributed by atoms with E-state index in [0.29, 0.717) is 5.82 Å². The van der Waals surface area contributed by atoms with E-state index >= 15 is 0 Å². The number of nitrogens with one attached hydrogen (secondary N) is 1. The van der Waals surface area contributed by atoms with Crippen molar-refractivity contribution in [1.82, 2.24) is 5.16 Å². The van der Waals surface area contributed by atoms with Gasteiger partial charge in [0.2, 0.25) is 5.91 Å². The van der Waals surface area contributed by atoms with Gasteiger partial charge in [0.05, 0.1) is 13.2 Å². The minimum Gasteiger partial charge on any atom is -0.467 e. The van der Waals surface area contributed by atoms with E-state index in [9.17, 15) is 4.79 Å². The van der Waals surface area contributed by atoms with Gasteiger partial charge in [0, 0.05) is 6.92 Å². The lowest BCUT2D eigenvalue weighted by atomic mass is 10.6. The number of anilines is 1. The Hall–Kier alpha value is -1.52. The summed E-state index contributed by atoms with van der Waals surface area (Å²) in [5.74, 6) is 0.434. The van der Waals surface area contributed by atoms with Gasteiger partial charge in [-0.1, -0.05) is 5.16 Å². The van der Waals surface area contributed by atoms with Gasteiger partial charge in [0.1, 0.15) is 0 Å². The van der Waals surface area contributed by atoms with E-state index in [1.54, 1.807) is 0 Å². The van der Waals surface area contributed by atoms with E-state index in [1.165, 1.54) is 20.1 Å². The lowest BCUT2D eigenvalue weighted by molar-refractivity contribution is -0.114. The number of aromatic nitrogens is 1. The molecule has 0 bridgehead atoms. The molecular formula is C6H8N2O3. The highest BCUT2D eigenvalue weighted by Crippen LogP contribution is 2.14. The summed E-state index contributed by atoms with van der Waals surface area (Å²) in [6, 6.07) is 1.49. The van der Waals surface area contributed by atoms with Gasteiger partial charge in [-0.05, 0) is 0 Å². The van der Waals surface area contributed by atoms with Crippen molar-refractivity contribution >= 4 is 11.7 Å². The van der Waals surface area contributed by atoms with Crippen LogP contribution in [0.2, 0.25) is 0 Å². The Morgan fingerprint density at radius 1 is 1.82 bits per heavy atom. The van der Waals surface area contributed by atoms with Crippen molar-refractivity contribution in [3.8, 4) is 5.95 Å². The first-order chi connectivity index (χ1) is 5.22. The molecule has 0 saturated heterocycles. The second-order valence-electron chi connectivity index (χ2n) is 1.92. The van der Waals surface area contributed by atoms with Crippen LogP contribution in [0.15, 0.2) is 10.6 Å². The first-order valence-electron chi connectivity index (χ1n) is 3.00. The number of nitrogens with zero attached hydrogens (tertiary/aromatic N) is 1. The number of carbonyl (C=O) groups is 1. The zero-order chi connectivity index (χ0) is 8.27. The van der Waals surface area contributed by atoms with Crippen LogP contribution in [0.4, 0.5) is 5.82 Å². The zero-order valence-corrected chi connectivity index (χ0v) is 6.25. The van der Waals surface area contributed by atoms with E-state index < -0.39 is 0 Å². The molecule has 60 valence electrons. The summed E-state index contributed by atoms with van der Waals surface area (Å²) in [7, 11) is 1.46. The fraction of sp³-hybridized carbons (Fsp3) is 0.333. The summed E-state index contributed by atoms with van der Waals surface area (Å²) < 4.78 is 9.32. The SMILES string of the molecule is COc1cc(NC(C)=O)no1. The largest absolute Gasteiger partial charge is 0.467 e. The van der Waals surface area contributed by atoms with Gasteiger partial charge in [-0.25, -0.2) is 0 Å². The molecule has 0 saturated carbocycles. The predicted octanol–water partition coefficient (Wildman–Crippen LogP) is 0.642. The number of rotatable bonds is 2. The number of methoxy groups -OCH3 is 1. The maximum absolute atomic E-state index is 10.5. The second-order valence-corrected chi connectivity index (χ2v) is 1.92. The Morgan fingerprint density at radius 3 is 3.00 bits per heavy atom. The van der Waals surface area contributed by atoms with Crippen molar-refractivity contribution in [1.29, 1.82) is 0 Å². The maximum Gasteiger partial charge on any atom is 0.313 e. The third kappa shape index (κ3) is 1.96. The van der Waals surface area contributed by atoms with Crippen molar-refractivity contribution in [3.63, 3.8) is 0 Å². The normalized spacial score (nSPS) is 9.27. The Morgan fingerprint density at radius 2 is 2.55 bits per heavy atom. The predicted molar refractivity (Wildman–Crippen MR) is 37.4 cm³/mol. The van der Waals surface area contributed by atoms with Gasteiger partial charge in [0.15, 0.2) is 5.82 Å². The number of hydrogen-bond acceptors (Lipinski definition) is 4. The Balaban J connectivity index is 2.65. The highest BCUT2D eigenvalue weighted by molar-refractivity contribution is 5.87. The average Bonchev–Trinajstić information content (AvgIpc) is 2.34. The lowest BCUT2D eigenvalue weighted by Crippen LogP contribution is -2.05. The molecule has 5 nitrogen and oxygen atoms in total. The van der Waals surface area contributed by atoms with E-state index in [2.05, 4.69) is 15.0 Å². The van der Waals surface area contributed by atoms with Gasteiger partial charge in [-0.15, -0.1) is 0 Å². The van der Waals surface area contributed by atoms with Crippen molar-refractivity contribution in [2.75, 3.05) is 12.4 Å². The van der Waals surface area contributed by atoms with E-state index in [-0.39, 0.29) is 11.9 Å². The van der Waals surface area contributed by atoms with Gasteiger partial charge < -0.3 is 14.6 Å². The quantitative estimate of drug-likeness (QED) is 0.682. The summed E-state index contributed by atoms with van der Waals surface area (Å²) in [5, 5.41) is 5.93. The molecule has 0 aliphatic carbocycles. The fourth-order valence-electron chi connectivity index (χ4n) is 0.594. The third-order valence-corrected chi connectivity index (χ3v) is 0.994. The first-order valence-corrected chi connectivity index (χ1v) is 3.00. The lowest BCUT2D eigenvalue weighted by Gasteiger charge is -1.90. The maximum atomic E-state index is 10.5. The number of hydrogen-bond donors (Lipinski definition) is 1. The van der Waals surface area contributed by atoms with Gasteiger partial charge >= 0.3 is 5.95 Å². The fourth-order valence-corrected chi connectivity index (χ4v) is 0.594. The first kappa shape index (κ1) is 7.59. The summed E-state index contributed by atoms with van der Waals surface area (Å²) in [4.78, 5) is 10.5. The minimum absolute atomic E-state index is 0.194. The number of carbonyl (C=O) groups excluding carboxylic acids is 1. The molecule has 5 heteroatoms. The van der Waals surface area contributed by atoms with Crippen LogP contribution >= 0.6 is 0 Å². The highest BCUT2D eigenvalue weighted by atomic mass is 16.6. The molecule has 0 atom stereocenters. The van der Waals surface area contributed by atoms with Crippen molar-refractivity contribution < 1.29 is 14.1 Å². The second kappa shape index (κ2) is 3.05. The molecule has 1 amide bonds. The molecule has 0 fully saturated rings. The molecule has 0 radical (unpaired) electrons. The Labute approximate surface area is 63.3 Å². The number of amides is 1. The molecule has 1 aromatic heterocycles. The molecule has 0 unspecified atom stereocenters. The average molecular weight is 156 g/mol. The Kier molecular flexibility index (Phi) is 2.10. The molecule has 0 aromatic carbocycles. The minimum atomic E-state index is -0.194. The smallest absolute Gasteiger partial charge is 0.313 e. The van der Waals surface area contributed by atoms with Crippen LogP contribution in [0.3, 0.4) is 0 Å². The van der Waals surface area contributed by atoms with Gasteiger partial charge in [-0.2, -0.15) is 0 Å². The molecule has 0 aliphatic rings. The van der Waals surface area contributed by atoms with Crippen LogP contribution in [0.25, 0.3) is 0 Å². The molecule has 1 N–H and O–H groups in total. The number of ether oxygens (including phenoxy) is 1. The van der Waals surface area contributed by atoms with Crippen LogP contribution in [0, 0.1) is 0 Å². The molecule has 0 aliphatic heterocycles. The van der Waals surface area contributed by atoms with Gasteiger partial charge in [-0.3, -0.25) is 4.79 Å². The van der Waals surface area contributed by atoms with Crippen molar-refractivity contribution in [3.05, 3.63) is 6.07 Å². The molecule has 11 heavy (non-hydrogen) atoms. The van der Waals surface area contributed by atoms with Crippen molar-refractivity contribution in [2.24, 2.45) is 0 Å². The molecule has 1 heterocycles. The molecule has 0 spiro atoms. The zero-order valence-electron chi connectivity index (χ0n) is 6.25. The van der Waals surface area contributed by atoms with Crippen LogP contribution in [0.1, 0.15) is 6.92 Å². The molecule has 1 rings (SSSR count). The molecule has 1 aromatic rings. The monoisotopic (exact) mass is 156 g/mol. The van der Waals surface area contributed by atoms with Crippen molar-refractivity contribution in [2.45, 2.75) is 6.92 Å².